The van der Waals surface area contributed by atoms with E-state index in [-0.39, 0.29) is 23.4 Å². The van der Waals surface area contributed by atoms with Crippen LogP contribution in [-0.4, -0.2) is 21.1 Å². The van der Waals surface area contributed by atoms with E-state index in [0.717, 1.165) is 5.56 Å². The molecule has 4 aromatic rings. The zero-order valence-electron chi connectivity index (χ0n) is 16.5. The maximum Gasteiger partial charge on any atom is 0.278 e. The van der Waals surface area contributed by atoms with Gasteiger partial charge in [0, 0.05) is 16.5 Å². The number of nitrogens with zero attached hydrogens (tertiary/aromatic N) is 2. The normalized spacial score (nSPS) is 11.0. The van der Waals surface area contributed by atoms with E-state index in [1.165, 1.54) is 9.36 Å². The molecule has 4 rings (SSSR count). The van der Waals surface area contributed by atoms with Crippen LogP contribution in [0.5, 0.6) is 5.88 Å². The fraction of sp³-hybridized carbons (Fsp3) is 0.125. The monoisotopic (exact) mass is 454 g/mol. The van der Waals surface area contributed by atoms with Gasteiger partial charge in [-0.25, -0.2) is 9.36 Å². The van der Waals surface area contributed by atoms with E-state index in [0.29, 0.717) is 34.6 Å². The van der Waals surface area contributed by atoms with Gasteiger partial charge in [0.25, 0.3) is 5.56 Å². The summed E-state index contributed by atoms with van der Waals surface area (Å²) < 4.78 is 8.61. The lowest BCUT2D eigenvalue weighted by Crippen LogP contribution is -2.22. The lowest BCUT2D eigenvalue weighted by Gasteiger charge is -2.13. The van der Waals surface area contributed by atoms with Crippen molar-refractivity contribution in [2.24, 2.45) is 0 Å². The van der Waals surface area contributed by atoms with Gasteiger partial charge in [0.15, 0.2) is 0 Å². The van der Waals surface area contributed by atoms with E-state index in [1.807, 2.05) is 30.3 Å². The Morgan fingerprint density at radius 2 is 1.32 bits per heavy atom. The second-order valence-electron chi connectivity index (χ2n) is 6.97. The molecular formula is C24H20Cl2N2O3. The molecule has 0 amide bonds. The van der Waals surface area contributed by atoms with Gasteiger partial charge in [-0.3, -0.25) is 4.79 Å². The highest BCUT2D eigenvalue weighted by molar-refractivity contribution is 6.30. The van der Waals surface area contributed by atoms with E-state index < -0.39 is 0 Å². The molecule has 0 fully saturated rings. The van der Waals surface area contributed by atoms with Gasteiger partial charge >= 0.3 is 0 Å². The average molecular weight is 455 g/mol. The van der Waals surface area contributed by atoms with Gasteiger partial charge in [-0.2, -0.15) is 0 Å². The van der Waals surface area contributed by atoms with Crippen LogP contribution in [0, 0.1) is 0 Å². The summed E-state index contributed by atoms with van der Waals surface area (Å²) in [7, 11) is 0. The number of hydrogen-bond acceptors (Lipinski definition) is 3. The van der Waals surface area contributed by atoms with Crippen LogP contribution in [0.2, 0.25) is 10.0 Å². The van der Waals surface area contributed by atoms with Gasteiger partial charge in [0.2, 0.25) is 5.88 Å². The predicted molar refractivity (Wildman–Crippen MR) is 123 cm³/mol. The quantitative estimate of drug-likeness (QED) is 0.380. The van der Waals surface area contributed by atoms with Crippen molar-refractivity contribution in [3.63, 3.8) is 0 Å². The first-order valence-corrected chi connectivity index (χ1v) is 10.5. The first kappa shape index (κ1) is 21.2. The molecule has 0 atom stereocenters. The highest BCUT2D eigenvalue weighted by Gasteiger charge is 2.21. The van der Waals surface area contributed by atoms with Crippen molar-refractivity contribution in [3.8, 4) is 17.3 Å². The summed E-state index contributed by atoms with van der Waals surface area (Å²) in [6, 6.07) is 23.5. The van der Waals surface area contributed by atoms with Crippen molar-refractivity contribution in [2.45, 2.75) is 13.0 Å². The van der Waals surface area contributed by atoms with E-state index in [2.05, 4.69) is 0 Å². The van der Waals surface area contributed by atoms with Crippen LogP contribution in [0.4, 0.5) is 0 Å². The first-order valence-electron chi connectivity index (χ1n) is 9.74. The molecule has 1 heterocycles. The Labute approximate surface area is 189 Å². The Bertz CT molecular complexity index is 1210. The van der Waals surface area contributed by atoms with Crippen LogP contribution < -0.4 is 5.56 Å². The lowest BCUT2D eigenvalue weighted by atomic mass is 10.2. The number of rotatable bonds is 7. The van der Waals surface area contributed by atoms with Crippen molar-refractivity contribution < 1.29 is 9.84 Å². The third kappa shape index (κ3) is 4.69. The number of benzene rings is 3. The van der Waals surface area contributed by atoms with Crippen molar-refractivity contribution >= 4 is 23.2 Å². The van der Waals surface area contributed by atoms with E-state index in [4.69, 9.17) is 27.9 Å². The molecule has 0 aliphatic carbocycles. The van der Waals surface area contributed by atoms with E-state index in [1.54, 1.807) is 48.5 Å². The molecule has 7 heteroatoms. The van der Waals surface area contributed by atoms with E-state index >= 15 is 0 Å². The van der Waals surface area contributed by atoms with Crippen LogP contribution in [-0.2, 0) is 17.8 Å². The number of ether oxygens (including phenoxy) is 1. The third-order valence-electron chi connectivity index (χ3n) is 4.87. The minimum absolute atomic E-state index is 0.134. The first-order chi connectivity index (χ1) is 15.0. The van der Waals surface area contributed by atoms with Crippen molar-refractivity contribution in [1.82, 2.24) is 9.36 Å². The Hall–Kier alpha value is -2.99. The minimum atomic E-state index is -0.321. The number of aromatic nitrogens is 2. The zero-order valence-corrected chi connectivity index (χ0v) is 18.1. The third-order valence-corrected chi connectivity index (χ3v) is 5.38. The van der Waals surface area contributed by atoms with Gasteiger partial charge in [-0.05, 0) is 54.1 Å². The Morgan fingerprint density at radius 3 is 1.90 bits per heavy atom. The predicted octanol–water partition coefficient (Wildman–Crippen LogP) is 5.40. The smallest absolute Gasteiger partial charge is 0.278 e. The highest BCUT2D eigenvalue weighted by Crippen LogP contribution is 2.25. The highest BCUT2D eigenvalue weighted by atomic mass is 35.5. The molecule has 1 aromatic heterocycles. The standard InChI is InChI=1S/C24H20Cl2N2O3/c25-18-6-10-20(11-7-18)27-23(29)22(14-15-31-16-17-4-2-1-3-5-17)24(30)28(27)21-12-8-19(26)9-13-21/h1-13,29H,14-16H2. The summed E-state index contributed by atoms with van der Waals surface area (Å²) in [6.07, 6.45) is 0.270. The van der Waals surface area contributed by atoms with Gasteiger partial charge in [0.05, 0.1) is 30.2 Å². The Balaban J connectivity index is 1.67. The molecule has 158 valence electrons. The molecule has 0 radical (unpaired) electrons. The fourth-order valence-corrected chi connectivity index (χ4v) is 3.58. The van der Waals surface area contributed by atoms with Crippen LogP contribution in [0.25, 0.3) is 11.4 Å². The molecule has 31 heavy (non-hydrogen) atoms. The van der Waals surface area contributed by atoms with Crippen molar-refractivity contribution in [2.75, 3.05) is 6.61 Å². The van der Waals surface area contributed by atoms with Crippen molar-refractivity contribution in [3.05, 3.63) is 110 Å². The molecular weight excluding hydrogens is 435 g/mol. The molecule has 0 spiro atoms. The second kappa shape index (κ2) is 9.43. The summed E-state index contributed by atoms with van der Waals surface area (Å²) in [4.78, 5) is 13.3. The molecule has 1 N–H and O–H groups in total. The molecule has 0 aliphatic rings. The second-order valence-corrected chi connectivity index (χ2v) is 7.84. The minimum Gasteiger partial charge on any atom is -0.493 e. The summed E-state index contributed by atoms with van der Waals surface area (Å²) in [5.74, 6) is -0.134. The van der Waals surface area contributed by atoms with Gasteiger partial charge < -0.3 is 9.84 Å². The maximum atomic E-state index is 13.3. The number of halogens is 2. The number of hydrogen-bond donors (Lipinski definition) is 1. The largest absolute Gasteiger partial charge is 0.493 e. The molecule has 5 nitrogen and oxygen atoms in total. The summed E-state index contributed by atoms with van der Waals surface area (Å²) >= 11 is 12.0. The molecule has 0 unspecified atom stereocenters. The van der Waals surface area contributed by atoms with Crippen LogP contribution in [0.1, 0.15) is 11.1 Å². The van der Waals surface area contributed by atoms with Crippen LogP contribution >= 0.6 is 23.2 Å². The molecule has 3 aromatic carbocycles. The Morgan fingerprint density at radius 1 is 0.774 bits per heavy atom. The summed E-state index contributed by atoms with van der Waals surface area (Å²) in [5.41, 5.74) is 2.18. The summed E-state index contributed by atoms with van der Waals surface area (Å²) in [6.45, 7) is 0.730. The number of aromatic hydroxyl groups is 1. The topological polar surface area (TPSA) is 56.4 Å². The Kier molecular flexibility index (Phi) is 6.47. The fourth-order valence-electron chi connectivity index (χ4n) is 3.33. The van der Waals surface area contributed by atoms with Gasteiger partial charge in [-0.15, -0.1) is 0 Å². The van der Waals surface area contributed by atoms with Crippen molar-refractivity contribution in [1.29, 1.82) is 0 Å². The maximum absolute atomic E-state index is 13.3. The zero-order chi connectivity index (χ0) is 21.8. The molecule has 0 saturated carbocycles. The lowest BCUT2D eigenvalue weighted by molar-refractivity contribution is 0.123. The summed E-state index contributed by atoms with van der Waals surface area (Å²) in [5, 5.41) is 12.1. The van der Waals surface area contributed by atoms with Crippen LogP contribution in [0.3, 0.4) is 0 Å². The SMILES string of the molecule is O=c1c(CCOCc2ccccc2)c(O)n(-c2ccc(Cl)cc2)n1-c1ccc(Cl)cc1. The van der Waals surface area contributed by atoms with Gasteiger partial charge in [-0.1, -0.05) is 53.5 Å². The average Bonchev–Trinajstić information content (AvgIpc) is 3.03. The van der Waals surface area contributed by atoms with Crippen LogP contribution in [0.15, 0.2) is 83.7 Å². The molecule has 0 bridgehead atoms. The van der Waals surface area contributed by atoms with E-state index in [9.17, 15) is 9.90 Å². The molecule has 0 aliphatic heterocycles. The molecule has 0 saturated heterocycles. The van der Waals surface area contributed by atoms with Gasteiger partial charge in [0.1, 0.15) is 0 Å².